The molecule has 108 valence electrons. The number of carbonyl (C=O) groups excluding carboxylic acids is 1. The van der Waals surface area contributed by atoms with Crippen molar-refractivity contribution in [2.75, 3.05) is 18.4 Å². The van der Waals surface area contributed by atoms with Gasteiger partial charge in [-0.15, -0.1) is 0 Å². The highest BCUT2D eigenvalue weighted by Crippen LogP contribution is 2.37. The van der Waals surface area contributed by atoms with Crippen molar-refractivity contribution in [1.82, 2.24) is 14.9 Å². The van der Waals surface area contributed by atoms with Gasteiger partial charge in [0.2, 0.25) is 0 Å². The molecule has 1 saturated heterocycles. The second-order valence-electron chi connectivity index (χ2n) is 6.08. The monoisotopic (exact) mass is 274 g/mol. The van der Waals surface area contributed by atoms with Crippen LogP contribution >= 0.6 is 0 Å². The third-order valence-electron chi connectivity index (χ3n) is 4.06. The smallest absolute Gasteiger partial charge is 0.321 e. The van der Waals surface area contributed by atoms with E-state index in [1.807, 2.05) is 4.90 Å². The molecule has 2 heterocycles. The summed E-state index contributed by atoms with van der Waals surface area (Å²) in [6.45, 7) is 3.89. The highest BCUT2D eigenvalue weighted by molar-refractivity contribution is 5.88. The normalized spacial score (nSPS) is 23.2. The molecule has 2 fully saturated rings. The molecule has 2 aliphatic rings. The number of likely N-dealkylation sites (tertiary alicyclic amines) is 1. The van der Waals surface area contributed by atoms with Crippen molar-refractivity contribution >= 4 is 11.7 Å². The Balaban J connectivity index is 1.59. The first-order chi connectivity index (χ1) is 9.72. The zero-order valence-corrected chi connectivity index (χ0v) is 12.0. The number of urea groups is 1. The first kappa shape index (κ1) is 13.3. The molecule has 1 aromatic heterocycles. The average Bonchev–Trinajstić information content (AvgIpc) is 3.27. The third kappa shape index (κ3) is 3.26. The van der Waals surface area contributed by atoms with Gasteiger partial charge in [0.1, 0.15) is 5.82 Å². The van der Waals surface area contributed by atoms with Crippen LogP contribution in [-0.2, 0) is 0 Å². The molecule has 2 amide bonds. The predicted octanol–water partition coefficient (Wildman–Crippen LogP) is 3.01. The Bertz CT molecular complexity index is 469. The van der Waals surface area contributed by atoms with E-state index in [4.69, 9.17) is 0 Å². The molecule has 0 aromatic carbocycles. The van der Waals surface area contributed by atoms with Gasteiger partial charge in [-0.1, -0.05) is 13.3 Å². The number of rotatable bonds is 2. The maximum atomic E-state index is 12.3. The number of hydrogen-bond donors (Lipinski definition) is 1. The number of hydrogen-bond acceptors (Lipinski definition) is 3. The Morgan fingerprint density at radius 2 is 2.00 bits per heavy atom. The Morgan fingerprint density at radius 1 is 1.25 bits per heavy atom. The molecule has 3 rings (SSSR count). The SMILES string of the molecule is CC1CCCCN(C(=O)Nc2cnc(C3CC3)nc2)C1. The minimum Gasteiger partial charge on any atom is -0.324 e. The fraction of sp³-hybridized carbons (Fsp3) is 0.667. The van der Waals surface area contributed by atoms with Gasteiger partial charge in [0.05, 0.1) is 18.1 Å². The summed E-state index contributed by atoms with van der Waals surface area (Å²) in [7, 11) is 0. The molecule has 0 spiro atoms. The highest BCUT2D eigenvalue weighted by atomic mass is 16.2. The summed E-state index contributed by atoms with van der Waals surface area (Å²) in [6, 6.07) is -0.0264. The van der Waals surface area contributed by atoms with Gasteiger partial charge >= 0.3 is 6.03 Å². The Labute approximate surface area is 119 Å². The van der Waals surface area contributed by atoms with Crippen LogP contribution in [0.25, 0.3) is 0 Å². The first-order valence-corrected chi connectivity index (χ1v) is 7.60. The second kappa shape index (κ2) is 5.77. The quantitative estimate of drug-likeness (QED) is 0.902. The lowest BCUT2D eigenvalue weighted by Gasteiger charge is -2.23. The van der Waals surface area contributed by atoms with E-state index in [0.717, 1.165) is 25.3 Å². The summed E-state index contributed by atoms with van der Waals surface area (Å²) in [5, 5.41) is 2.91. The largest absolute Gasteiger partial charge is 0.324 e. The maximum absolute atomic E-state index is 12.3. The van der Waals surface area contributed by atoms with E-state index in [1.165, 1.54) is 25.7 Å². The lowest BCUT2D eigenvalue weighted by Crippen LogP contribution is -2.37. The average molecular weight is 274 g/mol. The lowest BCUT2D eigenvalue weighted by molar-refractivity contribution is 0.207. The first-order valence-electron chi connectivity index (χ1n) is 7.60. The molecule has 0 radical (unpaired) electrons. The van der Waals surface area contributed by atoms with Gasteiger partial charge in [-0.05, 0) is 31.6 Å². The second-order valence-corrected chi connectivity index (χ2v) is 6.08. The van der Waals surface area contributed by atoms with Crippen LogP contribution in [-0.4, -0.2) is 34.0 Å². The van der Waals surface area contributed by atoms with Crippen LogP contribution in [0.5, 0.6) is 0 Å². The zero-order valence-electron chi connectivity index (χ0n) is 12.0. The summed E-state index contributed by atoms with van der Waals surface area (Å²) < 4.78 is 0. The summed E-state index contributed by atoms with van der Waals surface area (Å²) in [4.78, 5) is 22.8. The Hall–Kier alpha value is -1.65. The van der Waals surface area contributed by atoms with Crippen molar-refractivity contribution in [3.8, 4) is 0 Å². The van der Waals surface area contributed by atoms with Gasteiger partial charge in [-0.3, -0.25) is 0 Å². The Morgan fingerprint density at radius 3 is 2.70 bits per heavy atom. The van der Waals surface area contributed by atoms with Crippen molar-refractivity contribution in [2.24, 2.45) is 5.92 Å². The molecule has 5 nitrogen and oxygen atoms in total. The topological polar surface area (TPSA) is 58.1 Å². The van der Waals surface area contributed by atoms with Crippen molar-refractivity contribution in [3.05, 3.63) is 18.2 Å². The van der Waals surface area contributed by atoms with Crippen LogP contribution < -0.4 is 5.32 Å². The number of aromatic nitrogens is 2. The van der Waals surface area contributed by atoms with Crippen molar-refractivity contribution in [2.45, 2.75) is 44.9 Å². The van der Waals surface area contributed by atoms with Crippen molar-refractivity contribution < 1.29 is 4.79 Å². The van der Waals surface area contributed by atoms with Crippen LogP contribution in [0.15, 0.2) is 12.4 Å². The van der Waals surface area contributed by atoms with E-state index in [9.17, 15) is 4.79 Å². The van der Waals surface area contributed by atoms with E-state index in [2.05, 4.69) is 22.2 Å². The molecule has 1 saturated carbocycles. The minimum absolute atomic E-state index is 0.0264. The number of nitrogens with one attached hydrogen (secondary N) is 1. The van der Waals surface area contributed by atoms with Gasteiger partial charge in [-0.2, -0.15) is 0 Å². The van der Waals surface area contributed by atoms with E-state index in [-0.39, 0.29) is 6.03 Å². The van der Waals surface area contributed by atoms with Crippen molar-refractivity contribution in [3.63, 3.8) is 0 Å². The van der Waals surface area contributed by atoms with Crippen LogP contribution in [0.3, 0.4) is 0 Å². The third-order valence-corrected chi connectivity index (χ3v) is 4.06. The minimum atomic E-state index is -0.0264. The molecule has 1 unspecified atom stereocenters. The molecular formula is C15H22N4O. The predicted molar refractivity (Wildman–Crippen MR) is 77.6 cm³/mol. The Kier molecular flexibility index (Phi) is 3.85. The van der Waals surface area contributed by atoms with Gasteiger partial charge in [0.25, 0.3) is 0 Å². The summed E-state index contributed by atoms with van der Waals surface area (Å²) >= 11 is 0. The van der Waals surface area contributed by atoms with E-state index >= 15 is 0 Å². The van der Waals surface area contributed by atoms with Gasteiger partial charge < -0.3 is 10.2 Å². The lowest BCUT2D eigenvalue weighted by atomic mass is 10.1. The number of anilines is 1. The van der Waals surface area contributed by atoms with Crippen LogP contribution in [0.1, 0.15) is 50.8 Å². The number of nitrogens with zero attached hydrogens (tertiary/aromatic N) is 3. The number of amides is 2. The molecule has 1 N–H and O–H groups in total. The fourth-order valence-electron chi connectivity index (χ4n) is 2.70. The molecule has 1 aliphatic heterocycles. The van der Waals surface area contributed by atoms with Crippen molar-refractivity contribution in [1.29, 1.82) is 0 Å². The number of carbonyl (C=O) groups is 1. The van der Waals surface area contributed by atoms with Gasteiger partial charge in [0.15, 0.2) is 0 Å². The van der Waals surface area contributed by atoms with Crippen LogP contribution in [0.4, 0.5) is 10.5 Å². The molecule has 5 heteroatoms. The molecular weight excluding hydrogens is 252 g/mol. The van der Waals surface area contributed by atoms with E-state index in [0.29, 0.717) is 17.5 Å². The highest BCUT2D eigenvalue weighted by Gasteiger charge is 2.26. The van der Waals surface area contributed by atoms with Crippen LogP contribution in [0.2, 0.25) is 0 Å². The van der Waals surface area contributed by atoms with Gasteiger partial charge in [0, 0.05) is 19.0 Å². The molecule has 1 atom stereocenters. The van der Waals surface area contributed by atoms with E-state index < -0.39 is 0 Å². The summed E-state index contributed by atoms with van der Waals surface area (Å²) in [5.74, 6) is 2.04. The standard InChI is InChI=1S/C15H22N4O/c1-11-4-2-3-7-19(10-11)15(20)18-13-8-16-14(17-9-13)12-5-6-12/h8-9,11-12H,2-7,10H2,1H3,(H,18,20). The molecule has 20 heavy (non-hydrogen) atoms. The van der Waals surface area contributed by atoms with E-state index in [1.54, 1.807) is 12.4 Å². The maximum Gasteiger partial charge on any atom is 0.321 e. The molecule has 1 aromatic rings. The molecule has 1 aliphatic carbocycles. The zero-order chi connectivity index (χ0) is 13.9. The van der Waals surface area contributed by atoms with Crippen LogP contribution in [0, 0.1) is 5.92 Å². The fourth-order valence-corrected chi connectivity index (χ4v) is 2.70. The molecule has 0 bridgehead atoms. The summed E-state index contributed by atoms with van der Waals surface area (Å²) in [6.07, 6.45) is 9.34. The van der Waals surface area contributed by atoms with Gasteiger partial charge in [-0.25, -0.2) is 14.8 Å². The summed E-state index contributed by atoms with van der Waals surface area (Å²) in [5.41, 5.74) is 0.691.